The quantitative estimate of drug-likeness (QED) is 0.740. The summed E-state index contributed by atoms with van der Waals surface area (Å²) in [6.07, 6.45) is 2.41. The molecule has 0 saturated carbocycles. The molecule has 2 heteroatoms. The highest BCUT2D eigenvalue weighted by Gasteiger charge is 2.12. The molecule has 13 heavy (non-hydrogen) atoms. The van der Waals surface area contributed by atoms with Gasteiger partial charge in [-0.25, -0.2) is 0 Å². The maximum absolute atomic E-state index is 5.19. The van der Waals surface area contributed by atoms with Crippen LogP contribution >= 0.6 is 0 Å². The summed E-state index contributed by atoms with van der Waals surface area (Å²) in [4.78, 5) is 0. The number of hydrogen-bond acceptors (Lipinski definition) is 2. The van der Waals surface area contributed by atoms with Gasteiger partial charge in [-0.1, -0.05) is 34.6 Å². The smallest absolute Gasteiger partial charge is 0.0620 e. The van der Waals surface area contributed by atoms with Crippen molar-refractivity contribution >= 4 is 0 Å². The highest BCUT2D eigenvalue weighted by atomic mass is 16.5. The van der Waals surface area contributed by atoms with E-state index in [1.807, 2.05) is 27.7 Å². The zero-order chi connectivity index (χ0) is 10.5. The van der Waals surface area contributed by atoms with Crippen molar-refractivity contribution in [1.29, 1.82) is 0 Å². The van der Waals surface area contributed by atoms with E-state index < -0.39 is 0 Å². The van der Waals surface area contributed by atoms with Crippen LogP contribution in [0.25, 0.3) is 0 Å². The first kappa shape index (κ1) is 15.4. The van der Waals surface area contributed by atoms with Crippen LogP contribution in [0.4, 0.5) is 0 Å². The van der Waals surface area contributed by atoms with Crippen LogP contribution in [0.5, 0.6) is 0 Å². The molecule has 2 nitrogen and oxygen atoms in total. The van der Waals surface area contributed by atoms with Gasteiger partial charge in [0.2, 0.25) is 0 Å². The summed E-state index contributed by atoms with van der Waals surface area (Å²) >= 11 is 0. The second-order valence-corrected chi connectivity index (χ2v) is 2.51. The average molecular weight is 191 g/mol. The molecule has 0 amide bonds. The third-order valence-electron chi connectivity index (χ3n) is 1.61. The van der Waals surface area contributed by atoms with E-state index in [2.05, 4.69) is 12.2 Å². The Morgan fingerprint density at radius 3 is 2.31 bits per heavy atom. The predicted octanol–water partition coefficient (Wildman–Crippen LogP) is 3.07. The third-order valence-corrected chi connectivity index (χ3v) is 1.61. The summed E-state index contributed by atoms with van der Waals surface area (Å²) in [6.45, 7) is 13.2. The Morgan fingerprint density at radius 2 is 1.92 bits per heavy atom. The van der Waals surface area contributed by atoms with E-state index in [4.69, 9.17) is 4.74 Å². The second kappa shape index (κ2) is 14.4. The normalized spacial score (nSPS) is 19.6. The number of hydrogen-bond donors (Lipinski definition) is 1. The van der Waals surface area contributed by atoms with Crippen molar-refractivity contribution in [3.63, 3.8) is 0 Å². The molecule has 0 spiro atoms. The van der Waals surface area contributed by atoms with Gasteiger partial charge in [0.15, 0.2) is 0 Å². The number of rotatable bonds is 3. The van der Waals surface area contributed by atoms with E-state index in [0.717, 1.165) is 19.8 Å². The molecule has 0 aliphatic carbocycles. The van der Waals surface area contributed by atoms with Crippen LogP contribution in [-0.2, 0) is 4.74 Å². The zero-order valence-corrected chi connectivity index (χ0v) is 10.0. The lowest BCUT2D eigenvalue weighted by atomic mass is 10.2. The van der Waals surface area contributed by atoms with Gasteiger partial charge in [-0.2, -0.15) is 0 Å². The van der Waals surface area contributed by atoms with Crippen LogP contribution in [0.2, 0.25) is 0 Å². The SMILES string of the molecule is CC.CC.CCCNC1CCOC1.[HH]. The monoisotopic (exact) mass is 191 g/mol. The Morgan fingerprint density at radius 1 is 1.31 bits per heavy atom. The molecule has 0 bridgehead atoms. The summed E-state index contributed by atoms with van der Waals surface area (Å²) in [5, 5.41) is 3.41. The summed E-state index contributed by atoms with van der Waals surface area (Å²) in [5.41, 5.74) is 0. The number of ether oxygens (including phenoxy) is 1. The standard InChI is InChI=1S/C7H15NO.2C2H6.H2/c1-2-4-8-7-3-5-9-6-7;2*1-2;/h7-8H,2-6H2,1H3;2*1-2H3;1H. The van der Waals surface area contributed by atoms with Crippen molar-refractivity contribution < 1.29 is 6.16 Å². The average Bonchev–Trinajstić information content (AvgIpc) is 2.73. The second-order valence-electron chi connectivity index (χ2n) is 2.51. The van der Waals surface area contributed by atoms with Gasteiger partial charge >= 0.3 is 0 Å². The molecule has 1 saturated heterocycles. The van der Waals surface area contributed by atoms with E-state index in [1.54, 1.807) is 0 Å². The Kier molecular flexibility index (Phi) is 17.1. The van der Waals surface area contributed by atoms with Gasteiger partial charge in [0, 0.05) is 14.1 Å². The fourth-order valence-corrected chi connectivity index (χ4v) is 1.04. The lowest BCUT2D eigenvalue weighted by Gasteiger charge is -2.07. The van der Waals surface area contributed by atoms with Crippen LogP contribution in [0, 0.1) is 0 Å². The first-order chi connectivity index (χ1) is 6.43. The maximum Gasteiger partial charge on any atom is 0.0620 e. The molecule has 0 aromatic carbocycles. The molecule has 1 N–H and O–H groups in total. The maximum atomic E-state index is 5.19. The molecule has 84 valence electrons. The van der Waals surface area contributed by atoms with Crippen molar-refractivity contribution in [3.05, 3.63) is 0 Å². The van der Waals surface area contributed by atoms with E-state index in [-0.39, 0.29) is 1.43 Å². The van der Waals surface area contributed by atoms with Crippen molar-refractivity contribution in [2.24, 2.45) is 0 Å². The topological polar surface area (TPSA) is 21.3 Å². The number of nitrogens with one attached hydrogen (secondary N) is 1. The van der Waals surface area contributed by atoms with E-state index in [9.17, 15) is 0 Å². The van der Waals surface area contributed by atoms with Crippen LogP contribution in [0.15, 0.2) is 0 Å². The Bertz CT molecular complexity index is 75.7. The Balaban J connectivity index is -0.000000216. The molecule has 1 atom stereocenters. The van der Waals surface area contributed by atoms with Crippen LogP contribution in [0.3, 0.4) is 0 Å². The minimum atomic E-state index is 0. The summed E-state index contributed by atoms with van der Waals surface area (Å²) in [6, 6.07) is 0.643. The minimum absolute atomic E-state index is 0. The Labute approximate surface area is 85.5 Å². The lowest BCUT2D eigenvalue weighted by molar-refractivity contribution is 0.190. The van der Waals surface area contributed by atoms with Gasteiger partial charge in [0.25, 0.3) is 0 Å². The van der Waals surface area contributed by atoms with E-state index >= 15 is 0 Å². The molecule has 1 aliphatic heterocycles. The first-order valence-electron chi connectivity index (χ1n) is 5.74. The van der Waals surface area contributed by atoms with Gasteiger partial charge < -0.3 is 10.1 Å². The molecule has 1 fully saturated rings. The third kappa shape index (κ3) is 9.84. The lowest BCUT2D eigenvalue weighted by Crippen LogP contribution is -2.29. The molecule has 0 aromatic rings. The van der Waals surface area contributed by atoms with Crippen molar-refractivity contribution in [3.8, 4) is 0 Å². The highest BCUT2D eigenvalue weighted by molar-refractivity contribution is 4.69. The van der Waals surface area contributed by atoms with Gasteiger partial charge in [-0.05, 0) is 19.4 Å². The van der Waals surface area contributed by atoms with Crippen LogP contribution in [-0.4, -0.2) is 25.8 Å². The van der Waals surface area contributed by atoms with Crippen molar-refractivity contribution in [2.45, 2.75) is 53.5 Å². The molecule has 1 heterocycles. The van der Waals surface area contributed by atoms with Gasteiger partial charge in [0.05, 0.1) is 6.61 Å². The largest absolute Gasteiger partial charge is 0.380 e. The van der Waals surface area contributed by atoms with Crippen LogP contribution in [0.1, 0.15) is 48.9 Å². The summed E-state index contributed by atoms with van der Waals surface area (Å²) in [7, 11) is 0. The van der Waals surface area contributed by atoms with Gasteiger partial charge in [0.1, 0.15) is 0 Å². The minimum Gasteiger partial charge on any atom is -0.380 e. The molecule has 1 rings (SSSR count). The van der Waals surface area contributed by atoms with Crippen molar-refractivity contribution in [1.82, 2.24) is 5.32 Å². The highest BCUT2D eigenvalue weighted by Crippen LogP contribution is 2.02. The molecule has 0 aromatic heterocycles. The van der Waals surface area contributed by atoms with Gasteiger partial charge in [-0.15, -0.1) is 0 Å². The van der Waals surface area contributed by atoms with Crippen molar-refractivity contribution in [2.75, 3.05) is 19.8 Å². The van der Waals surface area contributed by atoms with Crippen LogP contribution < -0.4 is 5.32 Å². The van der Waals surface area contributed by atoms with E-state index in [1.165, 1.54) is 12.8 Å². The zero-order valence-electron chi connectivity index (χ0n) is 10.0. The van der Waals surface area contributed by atoms with E-state index in [0.29, 0.717) is 6.04 Å². The molecule has 0 radical (unpaired) electrons. The first-order valence-corrected chi connectivity index (χ1v) is 5.74. The fraction of sp³-hybridized carbons (Fsp3) is 1.00. The summed E-state index contributed by atoms with van der Waals surface area (Å²) in [5.74, 6) is 0. The predicted molar refractivity (Wildman–Crippen MR) is 62.3 cm³/mol. The molecule has 1 aliphatic rings. The Hall–Kier alpha value is -0.0800. The van der Waals surface area contributed by atoms with Gasteiger partial charge in [-0.3, -0.25) is 0 Å². The fourth-order valence-electron chi connectivity index (χ4n) is 1.04. The molecular weight excluding hydrogens is 162 g/mol. The summed E-state index contributed by atoms with van der Waals surface area (Å²) < 4.78 is 5.19. The molecular formula is C11H29NO. The molecule has 1 unspecified atom stereocenters.